The summed E-state index contributed by atoms with van der Waals surface area (Å²) in [4.78, 5) is 18.9. The third kappa shape index (κ3) is 3.57. The number of nitrogens with two attached hydrogens (primary N) is 1. The third-order valence-electron chi connectivity index (χ3n) is 6.66. The molecule has 0 radical (unpaired) electrons. The number of hydrogen-bond donors (Lipinski definition) is 1. The zero-order chi connectivity index (χ0) is 23.1. The Labute approximate surface area is 187 Å². The molecule has 0 saturated heterocycles. The molecule has 2 heterocycles. The van der Waals surface area contributed by atoms with Gasteiger partial charge in [-0.25, -0.2) is 9.38 Å². The highest BCUT2D eigenvalue weighted by Crippen LogP contribution is 2.47. The Morgan fingerprint density at radius 1 is 1.03 bits per heavy atom. The Bertz CT molecular complexity index is 1180. The average molecular weight is 434 g/mol. The van der Waals surface area contributed by atoms with E-state index < -0.39 is 16.8 Å². The third-order valence-corrected chi connectivity index (χ3v) is 6.66. The quantitative estimate of drug-likeness (QED) is 0.667. The first-order valence-corrected chi connectivity index (χ1v) is 10.6. The van der Waals surface area contributed by atoms with Crippen LogP contribution < -0.4 is 5.73 Å². The molecule has 166 valence electrons. The highest BCUT2D eigenvalue weighted by molar-refractivity contribution is 6.01. The normalized spacial score (nSPS) is 20.3. The van der Waals surface area contributed by atoms with Gasteiger partial charge in [-0.3, -0.25) is 14.4 Å². The minimum absolute atomic E-state index is 0.0857. The van der Waals surface area contributed by atoms with E-state index in [9.17, 15) is 4.79 Å². The van der Waals surface area contributed by atoms with Gasteiger partial charge in [0.05, 0.1) is 12.0 Å². The van der Waals surface area contributed by atoms with E-state index in [0.29, 0.717) is 18.5 Å². The molecule has 1 aliphatic heterocycles. The van der Waals surface area contributed by atoms with Crippen molar-refractivity contribution in [2.45, 2.75) is 39.3 Å². The van der Waals surface area contributed by atoms with Gasteiger partial charge in [0.1, 0.15) is 11.4 Å². The van der Waals surface area contributed by atoms with Crippen LogP contribution in [-0.2, 0) is 23.3 Å². The fourth-order valence-corrected chi connectivity index (χ4v) is 4.25. The number of carbonyl (C=O) groups excluding carboxylic acids is 1. The fraction of sp³-hybridized carbons (Fsp3) is 0.320. The van der Waals surface area contributed by atoms with Crippen LogP contribution in [0.2, 0.25) is 0 Å². The lowest BCUT2D eigenvalue weighted by Crippen LogP contribution is -2.58. The molecular weight excluding hydrogens is 405 g/mol. The lowest BCUT2D eigenvalue weighted by atomic mass is 9.67. The summed E-state index contributed by atoms with van der Waals surface area (Å²) in [5.41, 5.74) is 7.34. The van der Waals surface area contributed by atoms with Crippen LogP contribution in [0.4, 0.5) is 4.39 Å². The summed E-state index contributed by atoms with van der Waals surface area (Å²) in [6, 6.07) is 17.1. The number of carbonyl (C=O) groups is 1. The molecule has 1 atom stereocenters. The van der Waals surface area contributed by atoms with Gasteiger partial charge in [0.25, 0.3) is 0 Å². The summed E-state index contributed by atoms with van der Waals surface area (Å²) >= 11 is 0. The molecule has 1 aromatic heterocycles. The molecule has 0 spiro atoms. The van der Waals surface area contributed by atoms with E-state index in [1.807, 2.05) is 28.9 Å². The van der Waals surface area contributed by atoms with Crippen LogP contribution in [0.15, 0.2) is 65.8 Å². The molecule has 7 heteroatoms. The van der Waals surface area contributed by atoms with Gasteiger partial charge in [0.15, 0.2) is 5.96 Å². The zero-order valence-electron chi connectivity index (χ0n) is 18.8. The van der Waals surface area contributed by atoms with E-state index in [-0.39, 0.29) is 11.9 Å². The van der Waals surface area contributed by atoms with Crippen LogP contribution >= 0.6 is 0 Å². The molecule has 32 heavy (non-hydrogen) atoms. The summed E-state index contributed by atoms with van der Waals surface area (Å²) in [5.74, 6) is -0.517. The predicted molar refractivity (Wildman–Crippen MR) is 123 cm³/mol. The van der Waals surface area contributed by atoms with Gasteiger partial charge in [0.2, 0.25) is 5.91 Å². The first-order valence-electron chi connectivity index (χ1n) is 10.6. The fourth-order valence-electron chi connectivity index (χ4n) is 4.25. The molecular formula is C25H28FN5O. The maximum absolute atomic E-state index is 15.1. The topological polar surface area (TPSA) is 76.5 Å². The van der Waals surface area contributed by atoms with Crippen molar-refractivity contribution in [3.8, 4) is 0 Å². The second-order valence-corrected chi connectivity index (χ2v) is 8.99. The van der Waals surface area contributed by atoms with Crippen molar-refractivity contribution < 1.29 is 9.18 Å². The summed E-state index contributed by atoms with van der Waals surface area (Å²) in [7, 11) is 1.59. The molecule has 0 bridgehead atoms. The van der Waals surface area contributed by atoms with Crippen molar-refractivity contribution in [3.05, 3.63) is 89.0 Å². The van der Waals surface area contributed by atoms with Gasteiger partial charge >= 0.3 is 0 Å². The van der Waals surface area contributed by atoms with Crippen molar-refractivity contribution in [2.24, 2.45) is 16.1 Å². The summed E-state index contributed by atoms with van der Waals surface area (Å²) in [5, 5.41) is 4.46. The molecule has 0 aliphatic carbocycles. The minimum Gasteiger partial charge on any atom is -0.369 e. The number of hydrogen-bond acceptors (Lipinski definition) is 4. The van der Waals surface area contributed by atoms with E-state index in [1.54, 1.807) is 46.1 Å². The molecule has 6 nitrogen and oxygen atoms in total. The maximum Gasteiger partial charge on any atom is 0.237 e. The highest BCUT2D eigenvalue weighted by atomic mass is 19.1. The Balaban J connectivity index is 1.69. The molecule has 4 rings (SSSR count). The Kier molecular flexibility index (Phi) is 5.36. The van der Waals surface area contributed by atoms with Crippen LogP contribution in [0.1, 0.15) is 43.2 Å². The van der Waals surface area contributed by atoms with Crippen LogP contribution in [0.3, 0.4) is 0 Å². The zero-order valence-corrected chi connectivity index (χ0v) is 18.8. The molecule has 2 aromatic carbocycles. The average Bonchev–Trinajstić information content (AvgIpc) is 3.19. The van der Waals surface area contributed by atoms with E-state index >= 15 is 4.39 Å². The number of aromatic nitrogens is 2. The first-order chi connectivity index (χ1) is 15.1. The molecule has 0 saturated carbocycles. The molecule has 3 aromatic rings. The van der Waals surface area contributed by atoms with Gasteiger partial charge in [-0.1, -0.05) is 42.5 Å². The second-order valence-electron chi connectivity index (χ2n) is 8.99. The summed E-state index contributed by atoms with van der Waals surface area (Å²) in [6.45, 7) is 5.99. The molecule has 1 amide bonds. The summed E-state index contributed by atoms with van der Waals surface area (Å²) < 4.78 is 17.0. The van der Waals surface area contributed by atoms with E-state index in [1.165, 1.54) is 11.0 Å². The number of nitrogens with zero attached hydrogens (tertiary/aromatic N) is 4. The number of guanidine groups is 1. The largest absolute Gasteiger partial charge is 0.369 e. The highest BCUT2D eigenvalue weighted by Gasteiger charge is 2.53. The van der Waals surface area contributed by atoms with Gasteiger partial charge in [-0.15, -0.1) is 0 Å². The predicted octanol–water partition coefficient (Wildman–Crippen LogP) is 3.69. The van der Waals surface area contributed by atoms with Crippen LogP contribution in [0.5, 0.6) is 0 Å². The smallest absolute Gasteiger partial charge is 0.237 e. The van der Waals surface area contributed by atoms with Crippen molar-refractivity contribution in [3.63, 3.8) is 0 Å². The van der Waals surface area contributed by atoms with E-state index in [0.717, 1.165) is 16.8 Å². The van der Waals surface area contributed by atoms with Gasteiger partial charge in [-0.2, -0.15) is 5.10 Å². The van der Waals surface area contributed by atoms with Crippen LogP contribution in [-0.4, -0.2) is 33.6 Å². The van der Waals surface area contributed by atoms with Gasteiger partial charge in [-0.05, 0) is 44.0 Å². The summed E-state index contributed by atoms with van der Waals surface area (Å²) in [6.07, 6.45) is 2.34. The second kappa shape index (κ2) is 7.89. The Morgan fingerprint density at radius 2 is 1.75 bits per heavy atom. The van der Waals surface area contributed by atoms with E-state index in [4.69, 9.17) is 5.73 Å². The number of benzene rings is 2. The number of halogens is 1. The van der Waals surface area contributed by atoms with E-state index in [2.05, 4.69) is 22.2 Å². The lowest BCUT2D eigenvalue weighted by molar-refractivity contribution is -0.140. The SMILES string of the molecule is CN1C(=O)C(C)(C)[C@@](C)(c2cc(Cc3ccnn3Cc3ccccc3)ccc2F)N=C1N. The van der Waals surface area contributed by atoms with Crippen molar-refractivity contribution in [1.82, 2.24) is 14.7 Å². The van der Waals surface area contributed by atoms with Crippen molar-refractivity contribution >= 4 is 11.9 Å². The number of amides is 1. The molecule has 2 N–H and O–H groups in total. The molecule has 0 unspecified atom stereocenters. The monoisotopic (exact) mass is 433 g/mol. The van der Waals surface area contributed by atoms with Crippen LogP contribution in [0.25, 0.3) is 0 Å². The number of aliphatic imine (C=N–C) groups is 1. The Morgan fingerprint density at radius 3 is 2.47 bits per heavy atom. The molecule has 0 fully saturated rings. The standard InChI is InChI=1S/C25H28FN5O/c1-24(2)22(32)30(4)23(27)29-25(24,3)20-15-18(10-11-21(20)26)14-19-12-13-28-31(19)16-17-8-6-5-7-9-17/h5-13,15H,14,16H2,1-4H3,(H2,27,29)/t25-/m1/s1. The first kappa shape index (κ1) is 21.7. The van der Waals surface area contributed by atoms with Gasteiger partial charge in [0, 0.05) is 30.9 Å². The van der Waals surface area contributed by atoms with Crippen molar-refractivity contribution in [1.29, 1.82) is 0 Å². The minimum atomic E-state index is -1.13. The van der Waals surface area contributed by atoms with Gasteiger partial charge < -0.3 is 5.73 Å². The maximum atomic E-state index is 15.1. The Hall–Kier alpha value is -3.48. The molecule has 1 aliphatic rings. The lowest BCUT2D eigenvalue weighted by Gasteiger charge is -2.46. The number of rotatable bonds is 5. The van der Waals surface area contributed by atoms with Crippen molar-refractivity contribution in [2.75, 3.05) is 7.05 Å². The van der Waals surface area contributed by atoms with Crippen LogP contribution in [0, 0.1) is 11.2 Å².